The van der Waals surface area contributed by atoms with Gasteiger partial charge in [0.25, 0.3) is 5.91 Å². The molecule has 1 fully saturated rings. The number of hydrogen-bond donors (Lipinski definition) is 1. The van der Waals surface area contributed by atoms with E-state index in [2.05, 4.69) is 15.4 Å². The van der Waals surface area contributed by atoms with Gasteiger partial charge in [-0.25, -0.2) is 4.39 Å². The van der Waals surface area contributed by atoms with E-state index in [9.17, 15) is 9.18 Å². The summed E-state index contributed by atoms with van der Waals surface area (Å²) >= 11 is 6.01. The third kappa shape index (κ3) is 2.18. The van der Waals surface area contributed by atoms with Crippen molar-refractivity contribution in [2.24, 2.45) is 0 Å². The summed E-state index contributed by atoms with van der Waals surface area (Å²) in [6.07, 6.45) is 4.56. The highest BCUT2D eigenvalue weighted by atomic mass is 35.5. The van der Waals surface area contributed by atoms with Crippen molar-refractivity contribution >= 4 is 17.5 Å². The second-order valence-corrected chi connectivity index (χ2v) is 7.04. The van der Waals surface area contributed by atoms with Crippen LogP contribution in [0.2, 0.25) is 5.02 Å². The molecule has 0 spiro atoms. The number of rotatable bonds is 2. The fourth-order valence-corrected chi connectivity index (χ4v) is 3.84. The van der Waals surface area contributed by atoms with Gasteiger partial charge in [-0.15, -0.1) is 0 Å². The minimum Gasteiger partial charge on any atom is -0.346 e. The quantitative estimate of drug-likeness (QED) is 0.747. The zero-order valence-corrected chi connectivity index (χ0v) is 14.4. The van der Waals surface area contributed by atoms with E-state index in [4.69, 9.17) is 11.6 Å². The number of amides is 1. The molecule has 5 nitrogen and oxygen atoms in total. The molecule has 0 unspecified atom stereocenters. The Labute approximate surface area is 153 Å². The fraction of sp³-hybridized carbons (Fsp3) is 0.211. The van der Waals surface area contributed by atoms with Crippen molar-refractivity contribution in [2.75, 3.05) is 0 Å². The van der Waals surface area contributed by atoms with Crippen molar-refractivity contribution in [2.45, 2.75) is 24.9 Å². The molecule has 130 valence electrons. The summed E-state index contributed by atoms with van der Waals surface area (Å²) in [5.41, 5.74) is 2.64. The zero-order chi connectivity index (χ0) is 17.8. The van der Waals surface area contributed by atoms with Gasteiger partial charge >= 0.3 is 0 Å². The maximum atomic E-state index is 14.5. The molecule has 7 heteroatoms. The van der Waals surface area contributed by atoms with Crippen LogP contribution in [0.1, 0.15) is 29.4 Å². The van der Waals surface area contributed by atoms with Gasteiger partial charge in [0.2, 0.25) is 0 Å². The third-order valence-corrected chi connectivity index (χ3v) is 5.41. The standard InChI is InChI=1S/C19H14ClFN4O/c20-11-3-1-10(2-4-11)16-17(12-7-8-22-9-13(12)21)24-25-15-6-5-14(15)23-19(26)18(16)25/h1-4,7-9,14-15H,5-6H2,(H,23,26)/t14-,15+/m1/s1. The maximum absolute atomic E-state index is 14.5. The minimum absolute atomic E-state index is 0.100. The van der Waals surface area contributed by atoms with E-state index >= 15 is 0 Å². The Bertz CT molecular complexity index is 1030. The average Bonchev–Trinajstić information content (AvgIpc) is 2.99. The lowest BCUT2D eigenvalue weighted by atomic mass is 9.84. The van der Waals surface area contributed by atoms with E-state index in [1.807, 2.05) is 12.1 Å². The van der Waals surface area contributed by atoms with Gasteiger partial charge in [0.15, 0.2) is 5.82 Å². The molecule has 1 aliphatic heterocycles. The highest BCUT2D eigenvalue weighted by Gasteiger charge is 2.43. The topological polar surface area (TPSA) is 59.8 Å². The molecule has 2 aromatic heterocycles. The lowest BCUT2D eigenvalue weighted by Crippen LogP contribution is -2.53. The van der Waals surface area contributed by atoms with Crippen molar-refractivity contribution < 1.29 is 9.18 Å². The molecule has 3 aromatic rings. The Kier molecular flexibility index (Phi) is 3.37. The Morgan fingerprint density at radius 1 is 1.19 bits per heavy atom. The smallest absolute Gasteiger partial charge is 0.270 e. The highest BCUT2D eigenvalue weighted by Crippen LogP contribution is 2.43. The van der Waals surface area contributed by atoms with Crippen LogP contribution in [0.15, 0.2) is 42.7 Å². The lowest BCUT2D eigenvalue weighted by molar-refractivity contribution is 0.0784. The number of halogens is 2. The number of aromatic nitrogens is 3. The molecule has 0 saturated heterocycles. The molecule has 1 N–H and O–H groups in total. The van der Waals surface area contributed by atoms with Gasteiger partial charge < -0.3 is 5.32 Å². The monoisotopic (exact) mass is 368 g/mol. The number of pyridine rings is 1. The van der Waals surface area contributed by atoms with Crippen LogP contribution in [0.3, 0.4) is 0 Å². The summed E-state index contributed by atoms with van der Waals surface area (Å²) in [7, 11) is 0. The van der Waals surface area contributed by atoms with Crippen molar-refractivity contribution in [1.29, 1.82) is 0 Å². The predicted octanol–water partition coefficient (Wildman–Crippen LogP) is 3.85. The van der Waals surface area contributed by atoms with E-state index in [-0.39, 0.29) is 18.0 Å². The van der Waals surface area contributed by atoms with Crippen LogP contribution < -0.4 is 5.32 Å². The second-order valence-electron chi connectivity index (χ2n) is 6.60. The Morgan fingerprint density at radius 2 is 2.00 bits per heavy atom. The molecule has 0 bridgehead atoms. The lowest BCUT2D eigenvalue weighted by Gasteiger charge is -2.41. The van der Waals surface area contributed by atoms with Crippen molar-refractivity contribution in [3.8, 4) is 22.4 Å². The second kappa shape index (κ2) is 5.64. The van der Waals surface area contributed by atoms with Crippen molar-refractivity contribution in [3.05, 3.63) is 59.3 Å². The summed E-state index contributed by atoms with van der Waals surface area (Å²) in [6.45, 7) is 0. The largest absolute Gasteiger partial charge is 0.346 e. The molecule has 2 aliphatic rings. The van der Waals surface area contributed by atoms with Crippen LogP contribution in [0.5, 0.6) is 0 Å². The van der Waals surface area contributed by atoms with Gasteiger partial charge in [0.1, 0.15) is 11.4 Å². The summed E-state index contributed by atoms with van der Waals surface area (Å²) in [6, 6.07) is 8.95. The van der Waals surface area contributed by atoms with Gasteiger partial charge in [-0.05, 0) is 36.6 Å². The van der Waals surface area contributed by atoms with Crippen LogP contribution in [0.4, 0.5) is 4.39 Å². The summed E-state index contributed by atoms with van der Waals surface area (Å²) in [4.78, 5) is 16.6. The normalized spacial score (nSPS) is 20.8. The van der Waals surface area contributed by atoms with E-state index in [1.165, 1.54) is 6.20 Å². The number of hydrogen-bond acceptors (Lipinski definition) is 3. The molecule has 1 saturated carbocycles. The van der Waals surface area contributed by atoms with Crippen LogP contribution in [0.25, 0.3) is 22.4 Å². The zero-order valence-electron chi connectivity index (χ0n) is 13.6. The first-order valence-corrected chi connectivity index (χ1v) is 8.80. The average molecular weight is 369 g/mol. The van der Waals surface area contributed by atoms with Gasteiger partial charge in [0.05, 0.1) is 18.3 Å². The summed E-state index contributed by atoms with van der Waals surface area (Å²) in [5.74, 6) is -0.646. The summed E-state index contributed by atoms with van der Waals surface area (Å²) < 4.78 is 16.2. The Hall–Kier alpha value is -2.73. The van der Waals surface area contributed by atoms with Crippen molar-refractivity contribution in [3.63, 3.8) is 0 Å². The van der Waals surface area contributed by atoms with Gasteiger partial charge in [-0.2, -0.15) is 5.10 Å². The van der Waals surface area contributed by atoms with Gasteiger partial charge in [-0.3, -0.25) is 14.5 Å². The molecule has 3 heterocycles. The number of fused-ring (bicyclic) bond motifs is 3. The Balaban J connectivity index is 1.81. The molecule has 1 aromatic carbocycles. The third-order valence-electron chi connectivity index (χ3n) is 5.15. The number of benzene rings is 1. The molecule has 2 atom stereocenters. The maximum Gasteiger partial charge on any atom is 0.270 e. The first-order valence-electron chi connectivity index (χ1n) is 8.42. The predicted molar refractivity (Wildman–Crippen MR) is 95.4 cm³/mol. The van der Waals surface area contributed by atoms with E-state index in [1.54, 1.807) is 22.9 Å². The molecule has 1 amide bonds. The van der Waals surface area contributed by atoms with E-state index < -0.39 is 5.82 Å². The number of nitrogens with zero attached hydrogens (tertiary/aromatic N) is 3. The molecule has 26 heavy (non-hydrogen) atoms. The molecular formula is C19H14ClFN4O. The summed E-state index contributed by atoms with van der Waals surface area (Å²) in [5, 5.41) is 8.30. The minimum atomic E-state index is -0.469. The number of carbonyl (C=O) groups excluding carboxylic acids is 1. The van der Waals surface area contributed by atoms with Gasteiger partial charge in [0, 0.05) is 22.3 Å². The first-order chi connectivity index (χ1) is 12.6. The highest BCUT2D eigenvalue weighted by molar-refractivity contribution is 6.30. The molecular weight excluding hydrogens is 355 g/mol. The van der Waals surface area contributed by atoms with E-state index in [0.29, 0.717) is 27.5 Å². The van der Waals surface area contributed by atoms with Crippen LogP contribution in [-0.4, -0.2) is 26.7 Å². The van der Waals surface area contributed by atoms with E-state index in [0.717, 1.165) is 24.6 Å². The van der Waals surface area contributed by atoms with Crippen LogP contribution in [0, 0.1) is 5.82 Å². The van der Waals surface area contributed by atoms with Crippen molar-refractivity contribution in [1.82, 2.24) is 20.1 Å². The first kappa shape index (κ1) is 15.5. The van der Waals surface area contributed by atoms with Crippen LogP contribution in [-0.2, 0) is 0 Å². The fourth-order valence-electron chi connectivity index (χ4n) is 3.72. The number of carbonyl (C=O) groups is 1. The molecule has 1 aliphatic carbocycles. The molecule has 5 rings (SSSR count). The van der Waals surface area contributed by atoms with Gasteiger partial charge in [-0.1, -0.05) is 23.7 Å². The number of nitrogens with one attached hydrogen (secondary N) is 1. The Morgan fingerprint density at radius 3 is 2.69 bits per heavy atom. The SMILES string of the molecule is O=C1N[C@@H]2CC[C@@H]2n2nc(-c3ccncc3F)c(-c3ccc(Cl)cc3)c21. The van der Waals surface area contributed by atoms with Crippen LogP contribution >= 0.6 is 11.6 Å². The molecule has 0 radical (unpaired) electrons.